The Bertz CT molecular complexity index is 378. The molecule has 1 rings (SSSR count). The van der Waals surface area contributed by atoms with Crippen molar-refractivity contribution in [3.63, 3.8) is 0 Å². The van der Waals surface area contributed by atoms with Gasteiger partial charge in [0.2, 0.25) is 0 Å². The van der Waals surface area contributed by atoms with Gasteiger partial charge in [-0.15, -0.1) is 12.6 Å². The van der Waals surface area contributed by atoms with Crippen molar-refractivity contribution in [1.29, 1.82) is 0 Å². The molecule has 0 saturated carbocycles. The molecule has 0 aliphatic heterocycles. The number of hydrogen-bond acceptors (Lipinski definition) is 2. The predicted octanol–water partition coefficient (Wildman–Crippen LogP) is 3.53. The van der Waals surface area contributed by atoms with E-state index in [1.165, 1.54) is 0 Å². The molecule has 1 aromatic carbocycles. The van der Waals surface area contributed by atoms with Gasteiger partial charge < -0.3 is 5.32 Å². The molecule has 1 N–H and O–H groups in total. The molecule has 0 radical (unpaired) electrons. The Balaban J connectivity index is 2.54. The van der Waals surface area contributed by atoms with Crippen molar-refractivity contribution in [2.75, 3.05) is 0 Å². The number of amides is 1. The summed E-state index contributed by atoms with van der Waals surface area (Å²) in [5.41, 5.74) is 0.675. The van der Waals surface area contributed by atoms with Crippen LogP contribution in [-0.4, -0.2) is 11.9 Å². The fourth-order valence-corrected chi connectivity index (χ4v) is 2.01. The summed E-state index contributed by atoms with van der Waals surface area (Å²) in [6, 6.07) is 7.51. The third-order valence-electron chi connectivity index (χ3n) is 2.94. The van der Waals surface area contributed by atoms with Crippen LogP contribution in [0.3, 0.4) is 0 Å². The first-order chi connectivity index (χ1) is 8.02. The second kappa shape index (κ2) is 6.70. The van der Waals surface area contributed by atoms with Gasteiger partial charge in [0.05, 0.1) is 0 Å². The largest absolute Gasteiger partial charge is 0.350 e. The average molecular weight is 251 g/mol. The second-order valence-electron chi connectivity index (χ2n) is 4.67. The Hall–Kier alpha value is -0.960. The molecule has 3 heteroatoms. The van der Waals surface area contributed by atoms with Crippen LogP contribution in [0, 0.1) is 5.92 Å². The molecule has 0 bridgehead atoms. The third kappa shape index (κ3) is 4.82. The van der Waals surface area contributed by atoms with Crippen molar-refractivity contribution < 1.29 is 4.79 Å². The normalized spacial score (nSPS) is 14.1. The number of thiol groups is 1. The van der Waals surface area contributed by atoms with Crippen molar-refractivity contribution in [2.24, 2.45) is 5.92 Å². The van der Waals surface area contributed by atoms with E-state index in [4.69, 9.17) is 0 Å². The maximum atomic E-state index is 11.9. The van der Waals surface area contributed by atoms with E-state index in [1.54, 1.807) is 6.07 Å². The summed E-state index contributed by atoms with van der Waals surface area (Å²) in [4.78, 5) is 12.7. The maximum absolute atomic E-state index is 11.9. The molecule has 0 saturated heterocycles. The van der Waals surface area contributed by atoms with Crippen molar-refractivity contribution in [3.8, 4) is 0 Å². The Morgan fingerprint density at radius 2 is 2.12 bits per heavy atom. The van der Waals surface area contributed by atoms with Crippen LogP contribution < -0.4 is 5.32 Å². The molecule has 0 spiro atoms. The molecule has 1 aromatic rings. The molecule has 0 fully saturated rings. The lowest BCUT2D eigenvalue weighted by atomic mass is 10.0. The summed E-state index contributed by atoms with van der Waals surface area (Å²) in [6.07, 6.45) is 2.16. The van der Waals surface area contributed by atoms with Gasteiger partial charge in [-0.3, -0.25) is 4.79 Å². The number of benzene rings is 1. The van der Waals surface area contributed by atoms with Crippen LogP contribution in [0.5, 0.6) is 0 Å². The molecule has 17 heavy (non-hydrogen) atoms. The van der Waals surface area contributed by atoms with E-state index in [0.29, 0.717) is 11.5 Å². The first-order valence-electron chi connectivity index (χ1n) is 6.12. The highest BCUT2D eigenvalue weighted by Crippen LogP contribution is 2.12. The van der Waals surface area contributed by atoms with E-state index in [-0.39, 0.29) is 11.9 Å². The van der Waals surface area contributed by atoms with Gasteiger partial charge in [0.1, 0.15) is 0 Å². The Kier molecular flexibility index (Phi) is 5.56. The molecule has 0 aliphatic rings. The van der Waals surface area contributed by atoms with Crippen LogP contribution >= 0.6 is 12.6 Å². The minimum atomic E-state index is -0.0169. The first-order valence-corrected chi connectivity index (χ1v) is 6.57. The number of carbonyl (C=O) groups excluding carboxylic acids is 1. The van der Waals surface area contributed by atoms with Gasteiger partial charge in [0, 0.05) is 16.5 Å². The van der Waals surface area contributed by atoms with Gasteiger partial charge in [-0.25, -0.2) is 0 Å². The minimum Gasteiger partial charge on any atom is -0.350 e. The zero-order valence-electron chi connectivity index (χ0n) is 10.7. The zero-order valence-corrected chi connectivity index (χ0v) is 11.6. The number of carbonyl (C=O) groups is 1. The molecule has 0 aliphatic carbocycles. The quantitative estimate of drug-likeness (QED) is 0.770. The van der Waals surface area contributed by atoms with Gasteiger partial charge in [-0.2, -0.15) is 0 Å². The molecule has 1 amide bonds. The summed E-state index contributed by atoms with van der Waals surface area (Å²) < 4.78 is 0. The summed E-state index contributed by atoms with van der Waals surface area (Å²) in [7, 11) is 0. The lowest BCUT2D eigenvalue weighted by Crippen LogP contribution is -2.33. The topological polar surface area (TPSA) is 29.1 Å². The molecule has 2 unspecified atom stereocenters. The lowest BCUT2D eigenvalue weighted by molar-refractivity contribution is 0.0935. The third-order valence-corrected chi connectivity index (χ3v) is 3.22. The molecule has 2 nitrogen and oxygen atoms in total. The summed E-state index contributed by atoms with van der Waals surface area (Å²) in [5.74, 6) is 0.623. The molecular weight excluding hydrogens is 230 g/mol. The van der Waals surface area contributed by atoms with Gasteiger partial charge >= 0.3 is 0 Å². The van der Waals surface area contributed by atoms with Crippen molar-refractivity contribution >= 4 is 18.5 Å². The van der Waals surface area contributed by atoms with E-state index in [1.807, 2.05) is 18.2 Å². The SMILES string of the molecule is CCC(C)CC(C)NC(=O)c1cccc(S)c1. The standard InChI is InChI=1S/C14H21NOS/c1-4-10(2)8-11(3)15-14(16)12-6-5-7-13(17)9-12/h5-7,9-11,17H,4,8H2,1-3H3,(H,15,16). The van der Waals surface area contributed by atoms with Crippen LogP contribution in [0.1, 0.15) is 44.0 Å². The highest BCUT2D eigenvalue weighted by atomic mass is 32.1. The summed E-state index contributed by atoms with van der Waals surface area (Å²) >= 11 is 4.23. The molecule has 2 atom stereocenters. The monoisotopic (exact) mass is 251 g/mol. The van der Waals surface area contributed by atoms with Crippen LogP contribution in [0.4, 0.5) is 0 Å². The average Bonchev–Trinajstić information content (AvgIpc) is 2.28. The number of hydrogen-bond donors (Lipinski definition) is 2. The fourth-order valence-electron chi connectivity index (χ4n) is 1.78. The van der Waals surface area contributed by atoms with E-state index < -0.39 is 0 Å². The maximum Gasteiger partial charge on any atom is 0.251 e. The van der Waals surface area contributed by atoms with Gasteiger partial charge in [0.15, 0.2) is 0 Å². The van der Waals surface area contributed by atoms with Gasteiger partial charge in [0.25, 0.3) is 5.91 Å². The lowest BCUT2D eigenvalue weighted by Gasteiger charge is -2.17. The van der Waals surface area contributed by atoms with Crippen molar-refractivity contribution in [2.45, 2.75) is 44.6 Å². The molecule has 0 heterocycles. The highest BCUT2D eigenvalue weighted by molar-refractivity contribution is 7.80. The van der Waals surface area contributed by atoms with Crippen molar-refractivity contribution in [1.82, 2.24) is 5.32 Å². The summed E-state index contributed by atoms with van der Waals surface area (Å²) in [6.45, 7) is 6.43. The van der Waals surface area contributed by atoms with Crippen LogP contribution in [0.15, 0.2) is 29.2 Å². The van der Waals surface area contributed by atoms with Crippen molar-refractivity contribution in [3.05, 3.63) is 29.8 Å². The van der Waals surface area contributed by atoms with E-state index in [0.717, 1.165) is 17.7 Å². The molecule has 0 aromatic heterocycles. The molecule has 94 valence electrons. The van der Waals surface area contributed by atoms with Gasteiger partial charge in [-0.1, -0.05) is 26.3 Å². The Morgan fingerprint density at radius 1 is 1.41 bits per heavy atom. The van der Waals surface area contributed by atoms with E-state index >= 15 is 0 Å². The minimum absolute atomic E-state index is 0.0169. The second-order valence-corrected chi connectivity index (χ2v) is 5.19. The Labute approximate surface area is 109 Å². The number of rotatable bonds is 5. The number of nitrogens with one attached hydrogen (secondary N) is 1. The van der Waals surface area contributed by atoms with Crippen LogP contribution in [0.2, 0.25) is 0 Å². The Morgan fingerprint density at radius 3 is 2.71 bits per heavy atom. The van der Waals surface area contributed by atoms with Crippen LogP contribution in [-0.2, 0) is 0 Å². The van der Waals surface area contributed by atoms with Gasteiger partial charge in [-0.05, 0) is 37.5 Å². The van der Waals surface area contributed by atoms with E-state index in [2.05, 4.69) is 38.7 Å². The highest BCUT2D eigenvalue weighted by Gasteiger charge is 2.11. The molecular formula is C14H21NOS. The summed E-state index contributed by atoms with van der Waals surface area (Å²) in [5, 5.41) is 3.02. The van der Waals surface area contributed by atoms with E-state index in [9.17, 15) is 4.79 Å². The predicted molar refractivity (Wildman–Crippen MR) is 74.7 cm³/mol. The zero-order chi connectivity index (χ0) is 12.8. The fraction of sp³-hybridized carbons (Fsp3) is 0.500. The smallest absolute Gasteiger partial charge is 0.251 e. The van der Waals surface area contributed by atoms with Crippen LogP contribution in [0.25, 0.3) is 0 Å². The first kappa shape index (κ1) is 14.1.